The molecule has 1 N–H and O–H groups in total. The fourth-order valence-electron chi connectivity index (χ4n) is 2.62. The second kappa shape index (κ2) is 4.97. The Labute approximate surface area is 124 Å². The zero-order valence-electron chi connectivity index (χ0n) is 11.9. The number of aromatic nitrogens is 1. The maximum absolute atomic E-state index is 4.98. The van der Waals surface area contributed by atoms with Crippen molar-refractivity contribution >= 4 is 11.3 Å². The van der Waals surface area contributed by atoms with E-state index in [9.17, 15) is 0 Å². The van der Waals surface area contributed by atoms with Crippen LogP contribution in [0.4, 0.5) is 0 Å². The zero-order valence-corrected chi connectivity index (χ0v) is 12.7. The summed E-state index contributed by atoms with van der Waals surface area (Å²) in [7, 11) is 0. The average Bonchev–Trinajstić information content (AvgIpc) is 3.36. The van der Waals surface area contributed by atoms with Gasteiger partial charge in [-0.2, -0.15) is 0 Å². The van der Waals surface area contributed by atoms with E-state index in [1.54, 1.807) is 0 Å². The van der Waals surface area contributed by atoms with Gasteiger partial charge in [-0.15, -0.1) is 11.3 Å². The largest absolute Gasteiger partial charge is 0.309 e. The van der Waals surface area contributed by atoms with Gasteiger partial charge in [-0.05, 0) is 38.2 Å². The second-order valence-corrected chi connectivity index (χ2v) is 7.16. The molecule has 1 aromatic carbocycles. The number of thiazole rings is 1. The van der Waals surface area contributed by atoms with Gasteiger partial charge in [0, 0.05) is 28.9 Å². The average molecular weight is 284 g/mol. The van der Waals surface area contributed by atoms with Crippen LogP contribution >= 0.6 is 11.3 Å². The van der Waals surface area contributed by atoms with Crippen LogP contribution in [0.3, 0.4) is 0 Å². The van der Waals surface area contributed by atoms with E-state index in [1.165, 1.54) is 52.4 Å². The smallest absolute Gasteiger partial charge is 0.124 e. The molecular weight excluding hydrogens is 264 g/mol. The number of benzene rings is 1. The number of rotatable bonds is 5. The molecular formula is C17H20N2S. The van der Waals surface area contributed by atoms with Gasteiger partial charge in [-0.1, -0.05) is 24.3 Å². The fourth-order valence-corrected chi connectivity index (χ4v) is 3.81. The summed E-state index contributed by atoms with van der Waals surface area (Å²) in [5, 5.41) is 4.85. The summed E-state index contributed by atoms with van der Waals surface area (Å²) in [5.74, 6) is 0.736. The number of nitrogens with zero attached hydrogens (tertiary/aromatic N) is 1. The Hall–Kier alpha value is -1.19. The number of hydrogen-bond acceptors (Lipinski definition) is 3. The van der Waals surface area contributed by atoms with E-state index in [1.807, 2.05) is 11.3 Å². The number of hydrogen-bond donors (Lipinski definition) is 1. The molecule has 2 fully saturated rings. The SMILES string of the molecule is Cc1ccccc1-c1nc(C2CC2)c(CNC2CC2)s1. The molecule has 0 atom stereocenters. The van der Waals surface area contributed by atoms with Gasteiger partial charge in [0.05, 0.1) is 5.69 Å². The summed E-state index contributed by atoms with van der Waals surface area (Å²) in [5.41, 5.74) is 4.00. The van der Waals surface area contributed by atoms with Crippen LogP contribution in [0, 0.1) is 6.92 Å². The van der Waals surface area contributed by atoms with Gasteiger partial charge in [0.1, 0.15) is 5.01 Å². The van der Waals surface area contributed by atoms with Gasteiger partial charge in [-0.25, -0.2) is 4.98 Å². The van der Waals surface area contributed by atoms with Crippen LogP contribution in [0.1, 0.15) is 47.7 Å². The Morgan fingerprint density at radius 3 is 2.70 bits per heavy atom. The molecule has 2 aliphatic rings. The lowest BCUT2D eigenvalue weighted by Gasteiger charge is -2.01. The number of nitrogens with one attached hydrogen (secondary N) is 1. The van der Waals surface area contributed by atoms with Crippen molar-refractivity contribution in [3.8, 4) is 10.6 Å². The summed E-state index contributed by atoms with van der Waals surface area (Å²) in [6.45, 7) is 3.19. The van der Waals surface area contributed by atoms with Crippen molar-refractivity contribution in [1.82, 2.24) is 10.3 Å². The summed E-state index contributed by atoms with van der Waals surface area (Å²) < 4.78 is 0. The van der Waals surface area contributed by atoms with Crippen LogP contribution in [0.2, 0.25) is 0 Å². The molecule has 2 nitrogen and oxygen atoms in total. The maximum Gasteiger partial charge on any atom is 0.124 e. The summed E-state index contributed by atoms with van der Waals surface area (Å²) in [6, 6.07) is 9.36. The van der Waals surface area contributed by atoms with E-state index >= 15 is 0 Å². The van der Waals surface area contributed by atoms with E-state index < -0.39 is 0 Å². The van der Waals surface area contributed by atoms with Crippen molar-refractivity contribution in [2.24, 2.45) is 0 Å². The van der Waals surface area contributed by atoms with Crippen molar-refractivity contribution in [1.29, 1.82) is 0 Å². The lowest BCUT2D eigenvalue weighted by Crippen LogP contribution is -2.15. The third-order valence-corrected chi connectivity index (χ3v) is 5.30. The highest BCUT2D eigenvalue weighted by Gasteiger charge is 2.30. The molecule has 1 heterocycles. The number of aryl methyl sites for hydroxylation is 1. The molecule has 0 amide bonds. The first-order valence-electron chi connectivity index (χ1n) is 7.60. The highest BCUT2D eigenvalue weighted by Crippen LogP contribution is 2.44. The minimum absolute atomic E-state index is 0.736. The highest BCUT2D eigenvalue weighted by molar-refractivity contribution is 7.15. The monoisotopic (exact) mass is 284 g/mol. The fraction of sp³-hybridized carbons (Fsp3) is 0.471. The molecule has 3 heteroatoms. The van der Waals surface area contributed by atoms with Crippen LogP contribution < -0.4 is 5.32 Å². The first-order chi connectivity index (χ1) is 9.81. The second-order valence-electron chi connectivity index (χ2n) is 6.07. The Bertz CT molecular complexity index is 624. The van der Waals surface area contributed by atoms with Crippen molar-refractivity contribution in [3.63, 3.8) is 0 Å². The molecule has 4 rings (SSSR count). The quantitative estimate of drug-likeness (QED) is 0.888. The predicted octanol–water partition coefficient (Wildman–Crippen LogP) is 4.25. The molecule has 20 heavy (non-hydrogen) atoms. The summed E-state index contributed by atoms with van der Waals surface area (Å²) >= 11 is 1.89. The Kier molecular flexibility index (Phi) is 3.12. The standard InChI is InChI=1S/C17H20N2S/c1-11-4-2-3-5-14(11)17-19-16(12-6-7-12)15(20-17)10-18-13-8-9-13/h2-5,12-13,18H,6-10H2,1H3. The van der Waals surface area contributed by atoms with E-state index in [2.05, 4.69) is 36.5 Å². The highest BCUT2D eigenvalue weighted by atomic mass is 32.1. The topological polar surface area (TPSA) is 24.9 Å². The molecule has 0 bridgehead atoms. The summed E-state index contributed by atoms with van der Waals surface area (Å²) in [6.07, 6.45) is 5.35. The molecule has 0 unspecified atom stereocenters. The van der Waals surface area contributed by atoms with Crippen molar-refractivity contribution in [3.05, 3.63) is 40.4 Å². The van der Waals surface area contributed by atoms with Crippen LogP contribution in [0.5, 0.6) is 0 Å². The lowest BCUT2D eigenvalue weighted by molar-refractivity contribution is 0.688. The molecule has 104 valence electrons. The van der Waals surface area contributed by atoms with Crippen molar-refractivity contribution in [2.75, 3.05) is 0 Å². The van der Waals surface area contributed by atoms with Gasteiger partial charge in [0.2, 0.25) is 0 Å². The first kappa shape index (κ1) is 12.5. The van der Waals surface area contributed by atoms with E-state index in [4.69, 9.17) is 4.98 Å². The molecule has 0 saturated heterocycles. The summed E-state index contributed by atoms with van der Waals surface area (Å²) in [4.78, 5) is 6.45. The Morgan fingerprint density at radius 2 is 2.00 bits per heavy atom. The lowest BCUT2D eigenvalue weighted by atomic mass is 10.1. The van der Waals surface area contributed by atoms with E-state index in [-0.39, 0.29) is 0 Å². The van der Waals surface area contributed by atoms with E-state index in [0.717, 1.165) is 18.5 Å². The van der Waals surface area contributed by atoms with Crippen LogP contribution in [0.15, 0.2) is 24.3 Å². The zero-order chi connectivity index (χ0) is 13.5. The van der Waals surface area contributed by atoms with Gasteiger partial charge in [-0.3, -0.25) is 0 Å². The predicted molar refractivity (Wildman–Crippen MR) is 84.1 cm³/mol. The molecule has 2 aliphatic carbocycles. The third-order valence-electron chi connectivity index (χ3n) is 4.20. The molecule has 2 aromatic rings. The van der Waals surface area contributed by atoms with E-state index in [0.29, 0.717) is 0 Å². The van der Waals surface area contributed by atoms with Crippen molar-refractivity contribution < 1.29 is 0 Å². The Morgan fingerprint density at radius 1 is 1.20 bits per heavy atom. The third kappa shape index (κ3) is 2.52. The van der Waals surface area contributed by atoms with Gasteiger partial charge < -0.3 is 5.32 Å². The molecule has 0 radical (unpaired) electrons. The Balaban J connectivity index is 1.66. The normalized spacial score (nSPS) is 18.4. The van der Waals surface area contributed by atoms with Crippen LogP contribution in [0.25, 0.3) is 10.6 Å². The van der Waals surface area contributed by atoms with Crippen molar-refractivity contribution in [2.45, 2.75) is 51.1 Å². The maximum atomic E-state index is 4.98. The first-order valence-corrected chi connectivity index (χ1v) is 8.42. The molecule has 2 saturated carbocycles. The van der Waals surface area contributed by atoms with Gasteiger partial charge >= 0.3 is 0 Å². The minimum atomic E-state index is 0.736. The van der Waals surface area contributed by atoms with Crippen LogP contribution in [-0.2, 0) is 6.54 Å². The molecule has 0 spiro atoms. The molecule has 0 aliphatic heterocycles. The van der Waals surface area contributed by atoms with Crippen LogP contribution in [-0.4, -0.2) is 11.0 Å². The van der Waals surface area contributed by atoms with Gasteiger partial charge in [0.25, 0.3) is 0 Å². The minimum Gasteiger partial charge on any atom is -0.309 e. The molecule has 1 aromatic heterocycles. The van der Waals surface area contributed by atoms with Gasteiger partial charge in [0.15, 0.2) is 0 Å².